The number of nitrogens with zero attached hydrogens (tertiary/aromatic N) is 1. The van der Waals surface area contributed by atoms with Crippen molar-refractivity contribution in [1.29, 1.82) is 0 Å². The number of aromatic nitrogens is 1. The molecule has 0 saturated heterocycles. The topological polar surface area (TPSA) is 30.9 Å². The third-order valence-electron chi connectivity index (χ3n) is 2.24. The maximum atomic E-state index is 5.50. The minimum atomic E-state index is 0. The Balaban J connectivity index is 0.00000112. The summed E-state index contributed by atoms with van der Waals surface area (Å²) in [4.78, 5) is 1.33. The minimum absolute atomic E-state index is 0. The van der Waals surface area contributed by atoms with E-state index in [9.17, 15) is 0 Å². The molecule has 0 spiro atoms. The molecular weight excluding hydrogens is 228 g/mol. The number of thioether (sulfide) groups is 1. The molecule has 82 valence electrons. The Morgan fingerprint density at radius 2 is 2.07 bits per heavy atom. The van der Waals surface area contributed by atoms with Gasteiger partial charge in [0.05, 0.1) is 0 Å². The zero-order valence-corrected chi connectivity index (χ0v) is 10.3. The number of para-hydroxylation sites is 1. The Morgan fingerprint density at radius 3 is 2.80 bits per heavy atom. The van der Waals surface area contributed by atoms with Crippen LogP contribution in [0.25, 0.3) is 10.9 Å². The van der Waals surface area contributed by atoms with Crippen LogP contribution >= 0.6 is 24.2 Å². The summed E-state index contributed by atoms with van der Waals surface area (Å²) < 4.78 is 2.16. The molecule has 0 bridgehead atoms. The smallest absolute Gasteiger partial charge is 0.0489 e. The lowest BCUT2D eigenvalue weighted by Crippen LogP contribution is -2.00. The Bertz CT molecular complexity index is 439. The molecule has 0 saturated carbocycles. The number of fused-ring (bicyclic) bond motifs is 1. The lowest BCUT2D eigenvalue weighted by Gasteiger charge is -1.95. The molecule has 0 atom stereocenters. The number of rotatable bonds is 3. The van der Waals surface area contributed by atoms with E-state index in [-0.39, 0.29) is 12.4 Å². The molecule has 1 aromatic heterocycles. The van der Waals surface area contributed by atoms with E-state index in [2.05, 4.69) is 42.1 Å². The molecule has 0 aliphatic heterocycles. The summed E-state index contributed by atoms with van der Waals surface area (Å²) in [5, 5.41) is 1.33. The maximum Gasteiger partial charge on any atom is 0.0489 e. The van der Waals surface area contributed by atoms with Crippen molar-refractivity contribution in [3.63, 3.8) is 0 Å². The molecule has 0 aliphatic carbocycles. The van der Waals surface area contributed by atoms with Crippen LogP contribution in [-0.2, 0) is 7.05 Å². The zero-order valence-electron chi connectivity index (χ0n) is 8.64. The van der Waals surface area contributed by atoms with Crippen molar-refractivity contribution >= 4 is 35.1 Å². The normalized spacial score (nSPS) is 10.3. The number of benzene rings is 1. The molecule has 2 nitrogen and oxygen atoms in total. The van der Waals surface area contributed by atoms with Crippen LogP contribution in [0.4, 0.5) is 0 Å². The summed E-state index contributed by atoms with van der Waals surface area (Å²) >= 11 is 1.82. The lowest BCUT2D eigenvalue weighted by molar-refractivity contribution is 0.957. The average molecular weight is 243 g/mol. The fourth-order valence-corrected chi connectivity index (χ4v) is 2.49. The van der Waals surface area contributed by atoms with Crippen LogP contribution in [0.1, 0.15) is 0 Å². The fraction of sp³-hybridized carbons (Fsp3) is 0.273. The van der Waals surface area contributed by atoms with E-state index in [1.54, 1.807) is 0 Å². The first-order valence-corrected chi connectivity index (χ1v) is 5.68. The predicted molar refractivity (Wildman–Crippen MR) is 69.9 cm³/mol. The highest BCUT2D eigenvalue weighted by atomic mass is 35.5. The molecule has 2 N–H and O–H groups in total. The molecular formula is C11H15ClN2S. The third kappa shape index (κ3) is 2.48. The second-order valence-electron chi connectivity index (χ2n) is 3.26. The van der Waals surface area contributed by atoms with Crippen molar-refractivity contribution in [2.75, 3.05) is 12.3 Å². The van der Waals surface area contributed by atoms with Gasteiger partial charge < -0.3 is 10.3 Å². The standard InChI is InChI=1S/C11H14N2S.ClH/c1-13-8-11(14-7-6-12)9-4-2-3-5-10(9)13;/h2-5,8H,6-7,12H2,1H3;1H. The zero-order chi connectivity index (χ0) is 9.97. The van der Waals surface area contributed by atoms with Gasteiger partial charge >= 0.3 is 0 Å². The van der Waals surface area contributed by atoms with E-state index in [1.165, 1.54) is 15.8 Å². The second kappa shape index (κ2) is 5.45. The lowest BCUT2D eigenvalue weighted by atomic mass is 10.2. The maximum absolute atomic E-state index is 5.50. The SMILES string of the molecule is Cl.Cn1cc(SCCN)c2ccccc21. The molecule has 0 amide bonds. The Hall–Kier alpha value is -0.640. The average Bonchev–Trinajstić information content (AvgIpc) is 2.54. The van der Waals surface area contributed by atoms with Gasteiger partial charge in [-0.25, -0.2) is 0 Å². The summed E-state index contributed by atoms with van der Waals surface area (Å²) in [6, 6.07) is 8.45. The van der Waals surface area contributed by atoms with Crippen molar-refractivity contribution in [1.82, 2.24) is 4.57 Å². The van der Waals surface area contributed by atoms with Gasteiger partial charge in [-0.05, 0) is 6.07 Å². The van der Waals surface area contributed by atoms with Crippen molar-refractivity contribution in [2.45, 2.75) is 4.90 Å². The van der Waals surface area contributed by atoms with Crippen LogP contribution in [0.3, 0.4) is 0 Å². The summed E-state index contributed by atoms with van der Waals surface area (Å²) in [6.07, 6.45) is 2.17. The number of hydrogen-bond acceptors (Lipinski definition) is 2. The first kappa shape index (κ1) is 12.4. The van der Waals surface area contributed by atoms with E-state index < -0.39 is 0 Å². The monoisotopic (exact) mass is 242 g/mol. The largest absolute Gasteiger partial charge is 0.349 e. The van der Waals surface area contributed by atoms with Crippen molar-refractivity contribution in [3.8, 4) is 0 Å². The summed E-state index contributed by atoms with van der Waals surface area (Å²) in [6.45, 7) is 0.730. The van der Waals surface area contributed by atoms with Gasteiger partial charge in [0.1, 0.15) is 0 Å². The van der Waals surface area contributed by atoms with E-state index in [4.69, 9.17) is 5.73 Å². The molecule has 4 heteroatoms. The molecule has 1 aromatic carbocycles. The molecule has 2 aromatic rings. The highest BCUT2D eigenvalue weighted by Gasteiger charge is 2.04. The van der Waals surface area contributed by atoms with Gasteiger partial charge in [-0.1, -0.05) is 18.2 Å². The first-order chi connectivity index (χ1) is 6.83. The predicted octanol–water partition coefficient (Wildman–Crippen LogP) is 2.65. The van der Waals surface area contributed by atoms with Crippen LogP contribution in [0, 0.1) is 0 Å². The second-order valence-corrected chi connectivity index (χ2v) is 4.40. The quantitative estimate of drug-likeness (QED) is 0.839. The number of nitrogens with two attached hydrogens (primary N) is 1. The Labute approximate surface area is 100 Å². The van der Waals surface area contributed by atoms with Gasteiger partial charge in [-0.15, -0.1) is 24.2 Å². The molecule has 15 heavy (non-hydrogen) atoms. The van der Waals surface area contributed by atoms with Crippen LogP contribution < -0.4 is 5.73 Å². The minimum Gasteiger partial charge on any atom is -0.349 e. The molecule has 0 aliphatic rings. The van der Waals surface area contributed by atoms with Gasteiger partial charge in [-0.3, -0.25) is 0 Å². The Kier molecular flexibility index (Phi) is 4.51. The van der Waals surface area contributed by atoms with Crippen LogP contribution in [0.15, 0.2) is 35.4 Å². The van der Waals surface area contributed by atoms with Gasteiger partial charge in [-0.2, -0.15) is 0 Å². The Morgan fingerprint density at radius 1 is 1.33 bits per heavy atom. The number of hydrogen-bond donors (Lipinski definition) is 1. The highest BCUT2D eigenvalue weighted by molar-refractivity contribution is 7.99. The summed E-state index contributed by atoms with van der Waals surface area (Å²) in [7, 11) is 2.08. The molecule has 0 radical (unpaired) electrons. The first-order valence-electron chi connectivity index (χ1n) is 4.70. The molecule has 1 heterocycles. The fourth-order valence-electron chi connectivity index (χ4n) is 1.59. The van der Waals surface area contributed by atoms with Gasteiger partial charge in [0, 0.05) is 41.3 Å². The summed E-state index contributed by atoms with van der Waals surface area (Å²) in [5.74, 6) is 0.980. The molecule has 2 rings (SSSR count). The van der Waals surface area contributed by atoms with Crippen LogP contribution in [-0.4, -0.2) is 16.9 Å². The van der Waals surface area contributed by atoms with E-state index >= 15 is 0 Å². The van der Waals surface area contributed by atoms with E-state index in [0.29, 0.717) is 0 Å². The van der Waals surface area contributed by atoms with Gasteiger partial charge in [0.2, 0.25) is 0 Å². The summed E-state index contributed by atoms with van der Waals surface area (Å²) in [5.41, 5.74) is 6.78. The molecule has 0 unspecified atom stereocenters. The van der Waals surface area contributed by atoms with Crippen LogP contribution in [0.2, 0.25) is 0 Å². The number of halogens is 1. The van der Waals surface area contributed by atoms with Crippen molar-refractivity contribution < 1.29 is 0 Å². The van der Waals surface area contributed by atoms with Gasteiger partial charge in [0.25, 0.3) is 0 Å². The van der Waals surface area contributed by atoms with E-state index in [0.717, 1.165) is 12.3 Å². The highest BCUT2D eigenvalue weighted by Crippen LogP contribution is 2.28. The molecule has 0 fully saturated rings. The number of aryl methyl sites for hydroxylation is 1. The van der Waals surface area contributed by atoms with Crippen molar-refractivity contribution in [3.05, 3.63) is 30.5 Å². The van der Waals surface area contributed by atoms with Crippen LogP contribution in [0.5, 0.6) is 0 Å². The third-order valence-corrected chi connectivity index (χ3v) is 3.31. The van der Waals surface area contributed by atoms with E-state index in [1.807, 2.05) is 11.8 Å². The van der Waals surface area contributed by atoms with Gasteiger partial charge in [0.15, 0.2) is 0 Å². The van der Waals surface area contributed by atoms with Crippen molar-refractivity contribution in [2.24, 2.45) is 12.8 Å².